The van der Waals surface area contributed by atoms with E-state index in [4.69, 9.17) is 9.84 Å². The Morgan fingerprint density at radius 1 is 1.33 bits per heavy atom. The summed E-state index contributed by atoms with van der Waals surface area (Å²) in [7, 11) is -0.764. The number of aliphatic hydroxyl groups excluding tert-OH is 1. The summed E-state index contributed by atoms with van der Waals surface area (Å²) in [5, 5.41) is 8.85. The van der Waals surface area contributed by atoms with Gasteiger partial charge < -0.3 is 9.84 Å². The molecular formula is C12H19NO4S. The maximum Gasteiger partial charge on any atom is 0.246 e. The number of ether oxygens (including phenoxy) is 1. The van der Waals surface area contributed by atoms with E-state index in [1.807, 2.05) is 6.92 Å². The fourth-order valence-corrected chi connectivity index (χ4v) is 3.31. The maximum atomic E-state index is 12.4. The molecule has 6 heteroatoms. The van der Waals surface area contributed by atoms with Crippen molar-refractivity contribution in [1.82, 2.24) is 4.31 Å². The van der Waals surface area contributed by atoms with Gasteiger partial charge in [0.25, 0.3) is 0 Å². The molecule has 18 heavy (non-hydrogen) atoms. The zero-order valence-electron chi connectivity index (χ0n) is 11.1. The van der Waals surface area contributed by atoms with Gasteiger partial charge in [-0.05, 0) is 31.0 Å². The third-order valence-electron chi connectivity index (χ3n) is 2.69. The second-order valence-corrected chi connectivity index (χ2v) is 6.15. The largest absolute Gasteiger partial charge is 0.495 e. The third-order valence-corrected chi connectivity index (χ3v) is 4.73. The highest BCUT2D eigenvalue weighted by atomic mass is 32.2. The summed E-state index contributed by atoms with van der Waals surface area (Å²) in [6, 6.07) is 3.48. The molecule has 0 bridgehead atoms. The number of sulfonamides is 1. The topological polar surface area (TPSA) is 66.8 Å². The number of methoxy groups -OCH3 is 1. The Balaban J connectivity index is 3.40. The van der Waals surface area contributed by atoms with Crippen molar-refractivity contribution >= 4 is 10.0 Å². The Morgan fingerprint density at radius 2 is 1.94 bits per heavy atom. The number of aliphatic hydroxyl groups is 1. The smallest absolute Gasteiger partial charge is 0.246 e. The van der Waals surface area contributed by atoms with E-state index in [2.05, 4.69) is 0 Å². The van der Waals surface area contributed by atoms with Crippen molar-refractivity contribution in [2.45, 2.75) is 18.7 Å². The zero-order valence-corrected chi connectivity index (χ0v) is 11.9. The molecule has 0 unspecified atom stereocenters. The molecule has 0 fully saturated rings. The molecule has 1 rings (SSSR count). The SMILES string of the molecule is COc1cc(C)cc(C)c1S(=O)(=O)N(C)CCO. The lowest BCUT2D eigenvalue weighted by Gasteiger charge is -2.20. The van der Waals surface area contributed by atoms with E-state index in [1.54, 1.807) is 19.1 Å². The molecule has 102 valence electrons. The highest BCUT2D eigenvalue weighted by Crippen LogP contribution is 2.30. The highest BCUT2D eigenvalue weighted by Gasteiger charge is 2.26. The van der Waals surface area contributed by atoms with Gasteiger partial charge in [0.2, 0.25) is 10.0 Å². The second-order valence-electron chi connectivity index (χ2n) is 4.16. The molecule has 1 N–H and O–H groups in total. The van der Waals surface area contributed by atoms with Crippen LogP contribution in [0.4, 0.5) is 0 Å². The fourth-order valence-electron chi connectivity index (χ4n) is 1.81. The van der Waals surface area contributed by atoms with Crippen molar-refractivity contribution in [3.63, 3.8) is 0 Å². The molecule has 0 heterocycles. The van der Waals surface area contributed by atoms with Gasteiger partial charge in [0.15, 0.2) is 0 Å². The number of nitrogens with zero attached hydrogens (tertiary/aromatic N) is 1. The molecule has 0 aliphatic carbocycles. The van der Waals surface area contributed by atoms with Crippen LogP contribution in [0.2, 0.25) is 0 Å². The molecule has 0 aliphatic rings. The summed E-state index contributed by atoms with van der Waals surface area (Å²) >= 11 is 0. The fraction of sp³-hybridized carbons (Fsp3) is 0.500. The first kappa shape index (κ1) is 14.9. The first-order chi connectivity index (χ1) is 8.34. The van der Waals surface area contributed by atoms with Crippen LogP contribution in [-0.2, 0) is 10.0 Å². The van der Waals surface area contributed by atoms with E-state index in [0.717, 1.165) is 9.87 Å². The van der Waals surface area contributed by atoms with Crippen LogP contribution in [0.5, 0.6) is 5.75 Å². The Kier molecular flexibility index (Phi) is 4.72. The van der Waals surface area contributed by atoms with Crippen molar-refractivity contribution in [3.05, 3.63) is 23.3 Å². The number of benzene rings is 1. The van der Waals surface area contributed by atoms with Gasteiger partial charge in [0.05, 0.1) is 13.7 Å². The monoisotopic (exact) mass is 273 g/mol. The summed E-state index contributed by atoms with van der Waals surface area (Å²) in [5.74, 6) is 0.331. The minimum atomic E-state index is -3.64. The maximum absolute atomic E-state index is 12.4. The molecule has 1 aromatic rings. The van der Waals surface area contributed by atoms with Crippen molar-refractivity contribution in [1.29, 1.82) is 0 Å². The van der Waals surface area contributed by atoms with Gasteiger partial charge in [0.1, 0.15) is 10.6 Å². The molecule has 0 spiro atoms. The molecule has 0 amide bonds. The average Bonchev–Trinajstić information content (AvgIpc) is 2.27. The molecule has 5 nitrogen and oxygen atoms in total. The van der Waals surface area contributed by atoms with Crippen molar-refractivity contribution in [2.75, 3.05) is 27.3 Å². The van der Waals surface area contributed by atoms with E-state index >= 15 is 0 Å². The van der Waals surface area contributed by atoms with Crippen LogP contribution in [0.3, 0.4) is 0 Å². The van der Waals surface area contributed by atoms with Gasteiger partial charge in [-0.25, -0.2) is 8.42 Å². The molecule has 0 aliphatic heterocycles. The minimum Gasteiger partial charge on any atom is -0.495 e. The number of rotatable bonds is 5. The van der Waals surface area contributed by atoms with Crippen LogP contribution in [0.1, 0.15) is 11.1 Å². The lowest BCUT2D eigenvalue weighted by Crippen LogP contribution is -2.30. The molecule has 0 saturated carbocycles. The van der Waals surface area contributed by atoms with Crippen molar-refractivity contribution in [3.8, 4) is 5.75 Å². The number of likely N-dealkylation sites (N-methyl/N-ethyl adjacent to an activating group) is 1. The Hall–Kier alpha value is -1.11. The quantitative estimate of drug-likeness (QED) is 0.866. The van der Waals surface area contributed by atoms with E-state index in [1.165, 1.54) is 14.2 Å². The van der Waals surface area contributed by atoms with Crippen molar-refractivity contribution in [2.24, 2.45) is 0 Å². The summed E-state index contributed by atoms with van der Waals surface area (Å²) in [5.41, 5.74) is 1.57. The van der Waals surface area contributed by atoms with Gasteiger partial charge in [-0.1, -0.05) is 6.07 Å². The van der Waals surface area contributed by atoms with Crippen molar-refractivity contribution < 1.29 is 18.3 Å². The van der Waals surface area contributed by atoms with Crippen LogP contribution < -0.4 is 4.74 Å². The molecular weight excluding hydrogens is 254 g/mol. The Morgan fingerprint density at radius 3 is 2.44 bits per heavy atom. The van der Waals surface area contributed by atoms with Gasteiger partial charge in [-0.15, -0.1) is 0 Å². The predicted molar refractivity (Wildman–Crippen MR) is 69.4 cm³/mol. The van der Waals surface area contributed by atoms with E-state index in [0.29, 0.717) is 11.3 Å². The highest BCUT2D eigenvalue weighted by molar-refractivity contribution is 7.89. The summed E-state index contributed by atoms with van der Waals surface area (Å²) in [6.45, 7) is 3.44. The molecule has 0 atom stereocenters. The van der Waals surface area contributed by atoms with E-state index in [9.17, 15) is 8.42 Å². The molecule has 0 radical (unpaired) electrons. The van der Waals surface area contributed by atoms with Gasteiger partial charge in [-0.2, -0.15) is 4.31 Å². The standard InChI is InChI=1S/C12H19NO4S/c1-9-7-10(2)12(11(8-9)17-4)18(15,16)13(3)5-6-14/h7-8,14H,5-6H2,1-4H3. The van der Waals surface area contributed by atoms with Crippen LogP contribution in [-0.4, -0.2) is 45.1 Å². The van der Waals surface area contributed by atoms with Crippen LogP contribution >= 0.6 is 0 Å². The Labute approximate surface area is 108 Å². The summed E-state index contributed by atoms with van der Waals surface area (Å²) in [6.07, 6.45) is 0. The van der Waals surface area contributed by atoms with Crippen LogP contribution in [0, 0.1) is 13.8 Å². The lowest BCUT2D eigenvalue weighted by atomic mass is 10.1. The second kappa shape index (κ2) is 5.69. The number of aryl methyl sites for hydroxylation is 2. The number of hydrogen-bond acceptors (Lipinski definition) is 4. The Bertz CT molecular complexity index is 525. The molecule has 0 saturated heterocycles. The summed E-state index contributed by atoms with van der Waals surface area (Å²) in [4.78, 5) is 0.159. The minimum absolute atomic E-state index is 0.0544. The first-order valence-electron chi connectivity index (χ1n) is 5.57. The van der Waals surface area contributed by atoms with Gasteiger partial charge >= 0.3 is 0 Å². The third kappa shape index (κ3) is 2.82. The lowest BCUT2D eigenvalue weighted by molar-refractivity contribution is 0.266. The average molecular weight is 273 g/mol. The summed E-state index contributed by atoms with van der Waals surface area (Å²) < 4.78 is 31.0. The van der Waals surface area contributed by atoms with Crippen LogP contribution in [0.15, 0.2) is 17.0 Å². The predicted octanol–water partition coefficient (Wildman–Crippen LogP) is 0.925. The first-order valence-corrected chi connectivity index (χ1v) is 7.01. The molecule has 0 aromatic heterocycles. The number of hydrogen-bond donors (Lipinski definition) is 1. The van der Waals surface area contributed by atoms with Crippen LogP contribution in [0.25, 0.3) is 0 Å². The van der Waals surface area contributed by atoms with E-state index < -0.39 is 10.0 Å². The van der Waals surface area contributed by atoms with E-state index in [-0.39, 0.29) is 18.0 Å². The van der Waals surface area contributed by atoms with Gasteiger partial charge in [-0.3, -0.25) is 0 Å². The zero-order chi connectivity index (χ0) is 13.9. The molecule has 1 aromatic carbocycles. The normalized spacial score (nSPS) is 11.9. The van der Waals surface area contributed by atoms with Gasteiger partial charge in [0, 0.05) is 13.6 Å².